The standard InChI is InChI=1S/C26H26N6O2/c1-16-14-32(25(33)15-31(16)3)21-9-8-20(28-12-21)7-6-19-11-27-17(2)23-13-29-24(10-22(19)23)30-26(34)18-4-5-18/h8-13,16,18H,4-5,14-15H2,1-3H3,(H,29,30,34)/t16-/m0/s1. The summed E-state index contributed by atoms with van der Waals surface area (Å²) in [4.78, 5) is 41.7. The number of fused-ring (bicyclic) bond motifs is 1. The van der Waals surface area contributed by atoms with Gasteiger partial charge in [0.1, 0.15) is 11.5 Å². The van der Waals surface area contributed by atoms with E-state index in [2.05, 4.69) is 39.0 Å². The summed E-state index contributed by atoms with van der Waals surface area (Å²) in [6.07, 6.45) is 7.03. The molecule has 0 spiro atoms. The van der Waals surface area contributed by atoms with Gasteiger partial charge in [-0.3, -0.25) is 19.5 Å². The van der Waals surface area contributed by atoms with E-state index in [0.29, 0.717) is 24.6 Å². The Labute approximate surface area is 198 Å². The van der Waals surface area contributed by atoms with Crippen molar-refractivity contribution in [1.82, 2.24) is 19.9 Å². The van der Waals surface area contributed by atoms with Gasteiger partial charge >= 0.3 is 0 Å². The van der Waals surface area contributed by atoms with E-state index in [1.807, 2.05) is 37.1 Å². The van der Waals surface area contributed by atoms with Gasteiger partial charge in [0.25, 0.3) is 0 Å². The highest BCUT2D eigenvalue weighted by atomic mass is 16.2. The molecule has 34 heavy (non-hydrogen) atoms. The lowest BCUT2D eigenvalue weighted by Gasteiger charge is -2.37. The molecule has 1 aliphatic heterocycles. The number of pyridine rings is 3. The summed E-state index contributed by atoms with van der Waals surface area (Å²) in [5.74, 6) is 6.97. The fourth-order valence-electron chi connectivity index (χ4n) is 3.97. The lowest BCUT2D eigenvalue weighted by molar-refractivity contribution is -0.121. The minimum atomic E-state index is 0.0165. The van der Waals surface area contributed by atoms with Gasteiger partial charge in [0, 0.05) is 47.4 Å². The fourth-order valence-corrected chi connectivity index (χ4v) is 3.97. The maximum atomic E-state index is 12.4. The van der Waals surface area contributed by atoms with Crippen LogP contribution in [0.5, 0.6) is 0 Å². The molecule has 3 aromatic heterocycles. The molecule has 2 fully saturated rings. The van der Waals surface area contributed by atoms with E-state index >= 15 is 0 Å². The van der Waals surface area contributed by atoms with Crippen molar-refractivity contribution in [3.05, 3.63) is 53.7 Å². The van der Waals surface area contributed by atoms with E-state index in [0.717, 1.165) is 40.6 Å². The number of nitrogens with one attached hydrogen (secondary N) is 1. The first-order chi connectivity index (χ1) is 16.4. The lowest BCUT2D eigenvalue weighted by Crippen LogP contribution is -2.53. The number of nitrogens with zero attached hydrogens (tertiary/aromatic N) is 5. The van der Waals surface area contributed by atoms with Crippen LogP contribution in [-0.2, 0) is 9.59 Å². The van der Waals surface area contributed by atoms with Gasteiger partial charge in [-0.25, -0.2) is 9.97 Å². The van der Waals surface area contributed by atoms with Gasteiger partial charge in [0.05, 0.1) is 24.0 Å². The largest absolute Gasteiger partial charge is 0.310 e. The first kappa shape index (κ1) is 22.0. The van der Waals surface area contributed by atoms with Crippen molar-refractivity contribution in [2.24, 2.45) is 5.92 Å². The number of hydrogen-bond donors (Lipinski definition) is 1. The first-order valence-electron chi connectivity index (χ1n) is 11.4. The number of carbonyl (C=O) groups excluding carboxylic acids is 2. The number of anilines is 2. The third-order valence-corrected chi connectivity index (χ3v) is 6.44. The Morgan fingerprint density at radius 1 is 1.09 bits per heavy atom. The molecule has 1 N–H and O–H groups in total. The number of aryl methyl sites for hydroxylation is 1. The highest BCUT2D eigenvalue weighted by molar-refractivity contribution is 5.97. The normalized spacial score (nSPS) is 18.5. The van der Waals surface area contributed by atoms with Crippen LogP contribution in [0.1, 0.15) is 36.7 Å². The van der Waals surface area contributed by atoms with Gasteiger partial charge in [-0.15, -0.1) is 0 Å². The number of aromatic nitrogens is 3. The SMILES string of the molecule is Cc1ncc(C#Cc2ccc(N3C[C@H](C)N(C)CC3=O)cn2)c2cc(NC(=O)C3CC3)ncc12. The van der Waals surface area contributed by atoms with Crippen molar-refractivity contribution >= 4 is 34.1 Å². The van der Waals surface area contributed by atoms with Crippen LogP contribution in [0.15, 0.2) is 36.8 Å². The van der Waals surface area contributed by atoms with Gasteiger partial charge in [0.2, 0.25) is 11.8 Å². The molecular weight excluding hydrogens is 428 g/mol. The van der Waals surface area contributed by atoms with Crippen LogP contribution in [0.4, 0.5) is 11.5 Å². The molecule has 172 valence electrons. The number of rotatable bonds is 3. The predicted octanol–water partition coefficient (Wildman–Crippen LogP) is 2.75. The minimum Gasteiger partial charge on any atom is -0.310 e. The van der Waals surface area contributed by atoms with Gasteiger partial charge in [-0.1, -0.05) is 5.92 Å². The fraction of sp³-hybridized carbons (Fsp3) is 0.346. The minimum absolute atomic E-state index is 0.0165. The van der Waals surface area contributed by atoms with E-state index in [-0.39, 0.29) is 23.8 Å². The molecule has 2 aliphatic rings. The van der Waals surface area contributed by atoms with Crippen LogP contribution in [0.2, 0.25) is 0 Å². The van der Waals surface area contributed by atoms with Gasteiger partial charge in [0.15, 0.2) is 0 Å². The Hall–Kier alpha value is -3.83. The molecule has 0 aromatic carbocycles. The van der Waals surface area contributed by atoms with Gasteiger partial charge in [-0.2, -0.15) is 0 Å². The number of carbonyl (C=O) groups is 2. The highest BCUT2D eigenvalue weighted by Gasteiger charge is 2.30. The molecule has 3 aromatic rings. The molecule has 5 rings (SSSR count). The van der Waals surface area contributed by atoms with E-state index in [4.69, 9.17) is 0 Å². The molecule has 8 heteroatoms. The molecule has 4 heterocycles. The van der Waals surface area contributed by atoms with Gasteiger partial charge in [-0.05, 0) is 57.9 Å². The van der Waals surface area contributed by atoms with Gasteiger partial charge < -0.3 is 10.2 Å². The summed E-state index contributed by atoms with van der Waals surface area (Å²) in [7, 11) is 1.96. The zero-order chi connectivity index (χ0) is 23.8. The second-order valence-corrected chi connectivity index (χ2v) is 9.06. The predicted molar refractivity (Wildman–Crippen MR) is 130 cm³/mol. The maximum absolute atomic E-state index is 12.4. The third-order valence-electron chi connectivity index (χ3n) is 6.44. The van der Waals surface area contributed by atoms with Crippen LogP contribution in [-0.4, -0.2) is 57.8 Å². The Balaban J connectivity index is 1.39. The number of hydrogen-bond acceptors (Lipinski definition) is 6. The Kier molecular flexibility index (Phi) is 5.72. The number of piperazine rings is 1. The van der Waals surface area contributed by atoms with E-state index in [1.165, 1.54) is 0 Å². The number of amides is 2. The zero-order valence-electron chi connectivity index (χ0n) is 19.5. The average Bonchev–Trinajstić information content (AvgIpc) is 3.67. The van der Waals surface area contributed by atoms with Crippen LogP contribution in [0.3, 0.4) is 0 Å². The van der Waals surface area contributed by atoms with Crippen molar-refractivity contribution in [1.29, 1.82) is 0 Å². The smallest absolute Gasteiger partial charge is 0.241 e. The second-order valence-electron chi connectivity index (χ2n) is 9.06. The molecule has 2 amide bonds. The molecule has 1 saturated heterocycles. The summed E-state index contributed by atoms with van der Waals surface area (Å²) in [6, 6.07) is 5.84. The van der Waals surface area contributed by atoms with Crippen LogP contribution < -0.4 is 10.2 Å². The first-order valence-corrected chi connectivity index (χ1v) is 11.4. The van der Waals surface area contributed by atoms with Crippen molar-refractivity contribution in [3.63, 3.8) is 0 Å². The molecular formula is C26H26N6O2. The van der Waals surface area contributed by atoms with E-state index < -0.39 is 0 Å². The van der Waals surface area contributed by atoms with Crippen molar-refractivity contribution in [2.75, 3.05) is 30.4 Å². The van der Waals surface area contributed by atoms with Crippen molar-refractivity contribution < 1.29 is 9.59 Å². The molecule has 0 bridgehead atoms. The lowest BCUT2D eigenvalue weighted by atomic mass is 10.1. The summed E-state index contributed by atoms with van der Waals surface area (Å²) in [5.41, 5.74) is 2.96. The zero-order valence-corrected chi connectivity index (χ0v) is 19.5. The molecule has 1 saturated carbocycles. The third kappa shape index (κ3) is 4.47. The Morgan fingerprint density at radius 2 is 1.91 bits per heavy atom. The summed E-state index contributed by atoms with van der Waals surface area (Å²) in [6.45, 7) is 5.06. The summed E-state index contributed by atoms with van der Waals surface area (Å²) >= 11 is 0. The Bertz CT molecular complexity index is 1340. The summed E-state index contributed by atoms with van der Waals surface area (Å²) in [5, 5.41) is 4.67. The van der Waals surface area contributed by atoms with Crippen LogP contribution >= 0.6 is 0 Å². The molecule has 1 atom stereocenters. The number of likely N-dealkylation sites (N-methyl/N-ethyl adjacent to an activating group) is 1. The molecule has 8 nitrogen and oxygen atoms in total. The monoisotopic (exact) mass is 454 g/mol. The molecule has 0 unspecified atom stereocenters. The molecule has 0 radical (unpaired) electrons. The van der Waals surface area contributed by atoms with Crippen molar-refractivity contribution in [3.8, 4) is 11.8 Å². The van der Waals surface area contributed by atoms with E-state index in [1.54, 1.807) is 23.5 Å². The average molecular weight is 455 g/mol. The molecule has 1 aliphatic carbocycles. The topological polar surface area (TPSA) is 91.3 Å². The second kappa shape index (κ2) is 8.84. The van der Waals surface area contributed by atoms with Crippen molar-refractivity contribution in [2.45, 2.75) is 32.7 Å². The summed E-state index contributed by atoms with van der Waals surface area (Å²) < 4.78 is 0. The maximum Gasteiger partial charge on any atom is 0.241 e. The Morgan fingerprint density at radius 3 is 2.65 bits per heavy atom. The highest BCUT2D eigenvalue weighted by Crippen LogP contribution is 2.30. The van der Waals surface area contributed by atoms with Crippen LogP contribution in [0, 0.1) is 24.7 Å². The van der Waals surface area contributed by atoms with Crippen LogP contribution in [0.25, 0.3) is 10.8 Å². The quantitative estimate of drug-likeness (QED) is 0.612. The van der Waals surface area contributed by atoms with E-state index in [9.17, 15) is 9.59 Å².